The van der Waals surface area contributed by atoms with E-state index in [0.717, 1.165) is 16.5 Å². The summed E-state index contributed by atoms with van der Waals surface area (Å²) in [7, 11) is 0. The van der Waals surface area contributed by atoms with E-state index in [-0.39, 0.29) is 11.7 Å². The predicted octanol–water partition coefficient (Wildman–Crippen LogP) is 3.76. The zero-order valence-corrected chi connectivity index (χ0v) is 13.8. The van der Waals surface area contributed by atoms with E-state index >= 15 is 0 Å². The number of fused-ring (bicyclic) bond motifs is 1. The minimum atomic E-state index is -0.477. The summed E-state index contributed by atoms with van der Waals surface area (Å²) < 4.78 is 5.28. The third kappa shape index (κ3) is 3.23. The molecule has 3 rings (SSSR count). The average molecular weight is 321 g/mol. The first-order valence-corrected chi connectivity index (χ1v) is 7.96. The van der Waals surface area contributed by atoms with Crippen LogP contribution in [0, 0.1) is 6.92 Å². The van der Waals surface area contributed by atoms with Crippen molar-refractivity contribution in [3.8, 4) is 0 Å². The maximum absolute atomic E-state index is 12.7. The summed E-state index contributed by atoms with van der Waals surface area (Å²) in [6.45, 7) is 4.83. The molecule has 4 heteroatoms. The van der Waals surface area contributed by atoms with Crippen molar-refractivity contribution >= 4 is 16.7 Å². The van der Waals surface area contributed by atoms with Gasteiger partial charge in [0.15, 0.2) is 5.76 Å². The molecule has 0 spiro atoms. The van der Waals surface area contributed by atoms with E-state index in [1.807, 2.05) is 56.3 Å². The second kappa shape index (κ2) is 6.71. The number of benzene rings is 2. The molecule has 1 aromatic heterocycles. The summed E-state index contributed by atoms with van der Waals surface area (Å²) >= 11 is 0. The molecule has 3 aromatic rings. The topological polar surface area (TPSA) is 50.5 Å². The van der Waals surface area contributed by atoms with Crippen LogP contribution in [0.15, 0.2) is 63.8 Å². The van der Waals surface area contributed by atoms with E-state index < -0.39 is 5.63 Å². The van der Waals surface area contributed by atoms with E-state index in [9.17, 15) is 9.59 Å². The monoisotopic (exact) mass is 321 g/mol. The molecule has 24 heavy (non-hydrogen) atoms. The Morgan fingerprint density at radius 1 is 1.08 bits per heavy atom. The molecule has 0 aliphatic heterocycles. The van der Waals surface area contributed by atoms with Gasteiger partial charge in [-0.05, 0) is 36.9 Å². The van der Waals surface area contributed by atoms with E-state index in [2.05, 4.69) is 0 Å². The van der Waals surface area contributed by atoms with Gasteiger partial charge in [-0.2, -0.15) is 0 Å². The van der Waals surface area contributed by atoms with Crippen LogP contribution in [0.25, 0.3) is 10.8 Å². The van der Waals surface area contributed by atoms with Gasteiger partial charge in [-0.3, -0.25) is 4.79 Å². The molecule has 0 saturated heterocycles. The first-order valence-electron chi connectivity index (χ1n) is 7.96. The molecule has 0 saturated carbocycles. The van der Waals surface area contributed by atoms with Crippen LogP contribution >= 0.6 is 0 Å². The number of carbonyl (C=O) groups excluding carboxylic acids is 1. The standard InChI is InChI=1S/C20H19NO3/c1-3-21(13-15-7-5-4-6-8-15)19(22)18-12-16-10-9-14(2)11-17(16)20(23)24-18/h4-12H,3,13H2,1-2H3. The molecule has 122 valence electrons. The smallest absolute Gasteiger partial charge is 0.344 e. The Kier molecular flexibility index (Phi) is 4.47. The summed E-state index contributed by atoms with van der Waals surface area (Å²) in [5, 5.41) is 1.22. The summed E-state index contributed by atoms with van der Waals surface area (Å²) in [6.07, 6.45) is 0. The summed E-state index contributed by atoms with van der Waals surface area (Å²) in [4.78, 5) is 26.6. The molecule has 1 amide bonds. The zero-order valence-electron chi connectivity index (χ0n) is 13.8. The van der Waals surface area contributed by atoms with Crippen LogP contribution in [0.2, 0.25) is 0 Å². The van der Waals surface area contributed by atoms with Crippen LogP contribution in [0.5, 0.6) is 0 Å². The van der Waals surface area contributed by atoms with Gasteiger partial charge in [0.05, 0.1) is 5.39 Å². The number of amides is 1. The molecular weight excluding hydrogens is 302 g/mol. The fraction of sp³-hybridized carbons (Fsp3) is 0.200. The van der Waals surface area contributed by atoms with Crippen molar-refractivity contribution in [2.24, 2.45) is 0 Å². The van der Waals surface area contributed by atoms with Crippen LogP contribution in [0.4, 0.5) is 0 Å². The van der Waals surface area contributed by atoms with E-state index in [1.165, 1.54) is 0 Å². The molecule has 4 nitrogen and oxygen atoms in total. The number of rotatable bonds is 4. The Hall–Kier alpha value is -2.88. The fourth-order valence-corrected chi connectivity index (χ4v) is 2.69. The van der Waals surface area contributed by atoms with Crippen molar-refractivity contribution < 1.29 is 9.21 Å². The van der Waals surface area contributed by atoms with Gasteiger partial charge >= 0.3 is 5.63 Å². The Morgan fingerprint density at radius 3 is 2.54 bits per heavy atom. The number of nitrogens with zero attached hydrogens (tertiary/aromatic N) is 1. The summed E-state index contributed by atoms with van der Waals surface area (Å²) in [5.41, 5.74) is 1.54. The average Bonchev–Trinajstić information content (AvgIpc) is 2.60. The Labute approximate surface area is 140 Å². The molecule has 0 aliphatic rings. The maximum atomic E-state index is 12.7. The number of carbonyl (C=O) groups is 1. The Balaban J connectivity index is 1.94. The summed E-state index contributed by atoms with van der Waals surface area (Å²) in [6, 6.07) is 16.9. The van der Waals surface area contributed by atoms with Gasteiger partial charge < -0.3 is 9.32 Å². The molecule has 0 N–H and O–H groups in total. The Morgan fingerprint density at radius 2 is 1.83 bits per heavy atom. The summed E-state index contributed by atoms with van der Waals surface area (Å²) in [5.74, 6) is -0.199. The van der Waals surface area contributed by atoms with Gasteiger partial charge in [0.25, 0.3) is 5.91 Å². The van der Waals surface area contributed by atoms with E-state index in [0.29, 0.717) is 18.5 Å². The number of hydrogen-bond donors (Lipinski definition) is 0. The van der Waals surface area contributed by atoms with Crippen molar-refractivity contribution in [3.05, 3.63) is 81.9 Å². The predicted molar refractivity (Wildman–Crippen MR) is 94.1 cm³/mol. The van der Waals surface area contributed by atoms with Crippen LogP contribution in [0.3, 0.4) is 0 Å². The number of aryl methyl sites for hydroxylation is 1. The highest BCUT2D eigenvalue weighted by molar-refractivity contribution is 5.95. The minimum Gasteiger partial charge on any atom is -0.417 e. The lowest BCUT2D eigenvalue weighted by Crippen LogP contribution is -2.30. The molecule has 0 atom stereocenters. The quantitative estimate of drug-likeness (QED) is 0.735. The van der Waals surface area contributed by atoms with Gasteiger partial charge in [0, 0.05) is 13.1 Å². The van der Waals surface area contributed by atoms with Crippen molar-refractivity contribution in [2.75, 3.05) is 6.54 Å². The first kappa shape index (κ1) is 16.0. The van der Waals surface area contributed by atoms with E-state index in [4.69, 9.17) is 4.42 Å². The molecule has 0 bridgehead atoms. The van der Waals surface area contributed by atoms with Crippen molar-refractivity contribution in [2.45, 2.75) is 20.4 Å². The highest BCUT2D eigenvalue weighted by atomic mass is 16.4. The van der Waals surface area contributed by atoms with Gasteiger partial charge in [-0.15, -0.1) is 0 Å². The van der Waals surface area contributed by atoms with Gasteiger partial charge in [-0.25, -0.2) is 4.79 Å². The normalized spacial score (nSPS) is 10.8. The molecule has 2 aromatic carbocycles. The van der Waals surface area contributed by atoms with Crippen LogP contribution < -0.4 is 5.63 Å². The lowest BCUT2D eigenvalue weighted by Gasteiger charge is -2.20. The Bertz CT molecular complexity index is 929. The minimum absolute atomic E-state index is 0.0779. The van der Waals surface area contributed by atoms with Gasteiger partial charge in [0.1, 0.15) is 0 Å². The molecular formula is C20H19NO3. The lowest BCUT2D eigenvalue weighted by molar-refractivity contribution is 0.0716. The van der Waals surface area contributed by atoms with Gasteiger partial charge in [0.2, 0.25) is 0 Å². The first-order chi connectivity index (χ1) is 11.6. The highest BCUT2D eigenvalue weighted by Crippen LogP contribution is 2.16. The van der Waals surface area contributed by atoms with Gasteiger partial charge in [-0.1, -0.05) is 48.0 Å². The van der Waals surface area contributed by atoms with Crippen LogP contribution in [-0.2, 0) is 6.54 Å². The largest absolute Gasteiger partial charge is 0.417 e. The zero-order chi connectivity index (χ0) is 17.1. The SMILES string of the molecule is CCN(Cc1ccccc1)C(=O)c1cc2ccc(C)cc2c(=O)o1. The number of hydrogen-bond acceptors (Lipinski definition) is 3. The molecule has 1 heterocycles. The molecule has 0 fully saturated rings. The molecule has 0 aliphatic carbocycles. The third-order valence-corrected chi connectivity index (χ3v) is 4.01. The van der Waals surface area contributed by atoms with Crippen molar-refractivity contribution in [1.29, 1.82) is 0 Å². The second-order valence-corrected chi connectivity index (χ2v) is 5.79. The third-order valence-electron chi connectivity index (χ3n) is 4.01. The molecule has 0 unspecified atom stereocenters. The fourth-order valence-electron chi connectivity index (χ4n) is 2.69. The van der Waals surface area contributed by atoms with Crippen LogP contribution in [0.1, 0.15) is 28.6 Å². The lowest BCUT2D eigenvalue weighted by atomic mass is 10.1. The van der Waals surface area contributed by atoms with Crippen LogP contribution in [-0.4, -0.2) is 17.4 Å². The maximum Gasteiger partial charge on any atom is 0.344 e. The van der Waals surface area contributed by atoms with E-state index in [1.54, 1.807) is 17.0 Å². The van der Waals surface area contributed by atoms with Crippen molar-refractivity contribution in [1.82, 2.24) is 4.90 Å². The second-order valence-electron chi connectivity index (χ2n) is 5.79. The van der Waals surface area contributed by atoms with Crippen molar-refractivity contribution in [3.63, 3.8) is 0 Å². The molecule has 0 radical (unpaired) electrons. The highest BCUT2D eigenvalue weighted by Gasteiger charge is 2.18.